The van der Waals surface area contributed by atoms with E-state index in [9.17, 15) is 13.2 Å². The summed E-state index contributed by atoms with van der Waals surface area (Å²) < 4.78 is 30.4. The maximum absolute atomic E-state index is 12.1. The first kappa shape index (κ1) is 13.7. The average Bonchev–Trinajstić information content (AvgIpc) is 2.78. The zero-order valence-electron chi connectivity index (χ0n) is 9.63. The average molecular weight is 257 g/mol. The van der Waals surface area contributed by atoms with Crippen LogP contribution in [0.15, 0.2) is 34.3 Å². The van der Waals surface area contributed by atoms with Crippen LogP contribution >= 0.6 is 0 Å². The largest absolute Gasteiger partial charge is 0.440 e. The fourth-order valence-electron chi connectivity index (χ4n) is 1.37. The van der Waals surface area contributed by atoms with Gasteiger partial charge in [0.1, 0.15) is 0 Å². The molecule has 0 aromatic carbocycles. The number of carbonyl (C=O) groups is 1. The zero-order chi connectivity index (χ0) is 12.9. The molecule has 94 valence electrons. The SMILES string of the molecule is C=CCN(CCC)S(=O)(=O)c1ccc(C=O)o1. The predicted molar refractivity (Wildman–Crippen MR) is 63.3 cm³/mol. The molecule has 0 radical (unpaired) electrons. The van der Waals surface area contributed by atoms with Crippen molar-refractivity contribution in [3.05, 3.63) is 30.5 Å². The van der Waals surface area contributed by atoms with Crippen molar-refractivity contribution in [1.29, 1.82) is 0 Å². The third kappa shape index (κ3) is 3.04. The molecule has 1 heterocycles. The highest BCUT2D eigenvalue weighted by Crippen LogP contribution is 2.18. The maximum atomic E-state index is 12.1. The van der Waals surface area contributed by atoms with Crippen molar-refractivity contribution in [3.8, 4) is 0 Å². The molecular weight excluding hydrogens is 242 g/mol. The van der Waals surface area contributed by atoms with E-state index in [1.54, 1.807) is 0 Å². The van der Waals surface area contributed by atoms with Gasteiger partial charge < -0.3 is 4.42 Å². The van der Waals surface area contributed by atoms with E-state index < -0.39 is 10.0 Å². The van der Waals surface area contributed by atoms with Gasteiger partial charge in [0.2, 0.25) is 5.09 Å². The molecule has 0 amide bonds. The summed E-state index contributed by atoms with van der Waals surface area (Å²) in [6, 6.07) is 2.61. The molecule has 0 spiro atoms. The second-order valence-corrected chi connectivity index (χ2v) is 5.30. The standard InChI is InChI=1S/C11H15NO4S/c1-3-7-12(8-4-2)17(14,15)11-6-5-10(9-13)16-11/h3,5-6,9H,1,4,7-8H2,2H3. The Morgan fingerprint density at radius 3 is 2.65 bits per heavy atom. The first-order chi connectivity index (χ1) is 8.06. The van der Waals surface area contributed by atoms with Crippen molar-refractivity contribution in [2.45, 2.75) is 18.4 Å². The second-order valence-electron chi connectivity index (χ2n) is 3.43. The molecule has 17 heavy (non-hydrogen) atoms. The molecule has 5 nitrogen and oxygen atoms in total. The number of hydrogen-bond donors (Lipinski definition) is 0. The Morgan fingerprint density at radius 1 is 1.47 bits per heavy atom. The number of hydrogen-bond acceptors (Lipinski definition) is 4. The molecular formula is C11H15NO4S. The van der Waals surface area contributed by atoms with Crippen molar-refractivity contribution in [1.82, 2.24) is 4.31 Å². The van der Waals surface area contributed by atoms with Crippen LogP contribution in [-0.2, 0) is 10.0 Å². The molecule has 0 bridgehead atoms. The van der Waals surface area contributed by atoms with Crippen LogP contribution in [0.3, 0.4) is 0 Å². The Hall–Kier alpha value is -1.40. The molecule has 1 aromatic rings. The Bertz CT molecular complexity index is 489. The van der Waals surface area contributed by atoms with Gasteiger partial charge in [0.15, 0.2) is 12.0 Å². The van der Waals surface area contributed by atoms with Gasteiger partial charge in [-0.3, -0.25) is 4.79 Å². The van der Waals surface area contributed by atoms with Crippen LogP contribution in [0.4, 0.5) is 0 Å². The number of carbonyl (C=O) groups excluding carboxylic acids is 1. The highest BCUT2D eigenvalue weighted by atomic mass is 32.2. The minimum absolute atomic E-state index is 0.00127. The van der Waals surface area contributed by atoms with Crippen LogP contribution in [-0.4, -0.2) is 32.1 Å². The third-order valence-electron chi connectivity index (χ3n) is 2.12. The lowest BCUT2D eigenvalue weighted by molar-refractivity contribution is 0.109. The summed E-state index contributed by atoms with van der Waals surface area (Å²) in [6.45, 7) is 5.99. The summed E-state index contributed by atoms with van der Waals surface area (Å²) in [5.41, 5.74) is 0. The summed E-state index contributed by atoms with van der Waals surface area (Å²) in [4.78, 5) is 10.4. The molecule has 0 saturated carbocycles. The topological polar surface area (TPSA) is 67.6 Å². The Balaban J connectivity index is 3.05. The Labute approximate surface area is 101 Å². The first-order valence-electron chi connectivity index (χ1n) is 5.22. The van der Waals surface area contributed by atoms with Crippen molar-refractivity contribution in [2.24, 2.45) is 0 Å². The Kier molecular flexibility index (Phi) is 4.65. The number of sulfonamides is 1. The molecule has 0 saturated heterocycles. The van der Waals surface area contributed by atoms with Gasteiger partial charge in [-0.1, -0.05) is 13.0 Å². The number of furan rings is 1. The number of rotatable bonds is 7. The van der Waals surface area contributed by atoms with Crippen LogP contribution in [0.2, 0.25) is 0 Å². The van der Waals surface area contributed by atoms with E-state index in [1.807, 2.05) is 6.92 Å². The summed E-state index contributed by atoms with van der Waals surface area (Å²) in [6.07, 6.45) is 2.67. The quantitative estimate of drug-likeness (QED) is 0.550. The van der Waals surface area contributed by atoms with Crippen molar-refractivity contribution in [2.75, 3.05) is 13.1 Å². The molecule has 0 fully saturated rings. The van der Waals surface area contributed by atoms with Crippen LogP contribution in [0, 0.1) is 0 Å². The van der Waals surface area contributed by atoms with Gasteiger partial charge in [0, 0.05) is 13.1 Å². The fourth-order valence-corrected chi connectivity index (χ4v) is 2.79. The molecule has 0 atom stereocenters. The molecule has 6 heteroatoms. The first-order valence-corrected chi connectivity index (χ1v) is 6.66. The van der Waals surface area contributed by atoms with Gasteiger partial charge in [0.05, 0.1) is 0 Å². The van der Waals surface area contributed by atoms with Crippen LogP contribution < -0.4 is 0 Å². The molecule has 0 aliphatic heterocycles. The van der Waals surface area contributed by atoms with Crippen molar-refractivity contribution in [3.63, 3.8) is 0 Å². The molecule has 1 aromatic heterocycles. The maximum Gasteiger partial charge on any atom is 0.276 e. The van der Waals surface area contributed by atoms with E-state index >= 15 is 0 Å². The number of aldehydes is 1. The van der Waals surface area contributed by atoms with E-state index in [0.717, 1.165) is 0 Å². The van der Waals surface area contributed by atoms with Crippen LogP contribution in [0.5, 0.6) is 0 Å². The highest BCUT2D eigenvalue weighted by Gasteiger charge is 2.26. The minimum Gasteiger partial charge on any atom is -0.440 e. The normalized spacial score (nSPS) is 11.6. The van der Waals surface area contributed by atoms with E-state index in [-0.39, 0.29) is 17.4 Å². The molecule has 1 rings (SSSR count). The van der Waals surface area contributed by atoms with E-state index in [4.69, 9.17) is 4.42 Å². The van der Waals surface area contributed by atoms with Crippen molar-refractivity contribution >= 4 is 16.3 Å². The van der Waals surface area contributed by atoms with Gasteiger partial charge >= 0.3 is 0 Å². The summed E-state index contributed by atoms with van der Waals surface area (Å²) >= 11 is 0. The molecule has 0 unspecified atom stereocenters. The second kappa shape index (κ2) is 5.79. The highest BCUT2D eigenvalue weighted by molar-refractivity contribution is 7.89. The lowest BCUT2D eigenvalue weighted by Gasteiger charge is -2.17. The van der Waals surface area contributed by atoms with Gasteiger partial charge in [-0.05, 0) is 18.6 Å². The lowest BCUT2D eigenvalue weighted by atomic mass is 10.5. The summed E-state index contributed by atoms with van der Waals surface area (Å²) in [7, 11) is -3.68. The van der Waals surface area contributed by atoms with Crippen molar-refractivity contribution < 1.29 is 17.6 Å². The molecule has 0 aliphatic carbocycles. The smallest absolute Gasteiger partial charge is 0.276 e. The minimum atomic E-state index is -3.68. The third-order valence-corrected chi connectivity index (χ3v) is 3.86. The number of nitrogens with zero attached hydrogens (tertiary/aromatic N) is 1. The van der Waals surface area contributed by atoms with Gasteiger partial charge in [-0.15, -0.1) is 6.58 Å². The van der Waals surface area contributed by atoms with Gasteiger partial charge in [-0.25, -0.2) is 8.42 Å². The van der Waals surface area contributed by atoms with E-state index in [2.05, 4.69) is 6.58 Å². The van der Waals surface area contributed by atoms with Crippen LogP contribution in [0.1, 0.15) is 23.9 Å². The summed E-state index contributed by atoms with van der Waals surface area (Å²) in [5, 5.41) is -0.213. The molecule has 0 N–H and O–H groups in total. The van der Waals surface area contributed by atoms with Crippen LogP contribution in [0.25, 0.3) is 0 Å². The zero-order valence-corrected chi connectivity index (χ0v) is 10.4. The van der Waals surface area contributed by atoms with Gasteiger partial charge in [-0.2, -0.15) is 4.31 Å². The fraction of sp³-hybridized carbons (Fsp3) is 0.364. The molecule has 0 aliphatic rings. The Morgan fingerprint density at radius 2 is 2.18 bits per heavy atom. The van der Waals surface area contributed by atoms with Gasteiger partial charge in [0.25, 0.3) is 10.0 Å². The summed E-state index contributed by atoms with van der Waals surface area (Å²) in [5.74, 6) is -0.00127. The van der Waals surface area contributed by atoms with E-state index in [1.165, 1.54) is 22.5 Å². The predicted octanol–water partition coefficient (Wildman–Crippen LogP) is 1.68. The monoisotopic (exact) mass is 257 g/mol. The van der Waals surface area contributed by atoms with E-state index in [0.29, 0.717) is 19.3 Å². The lowest BCUT2D eigenvalue weighted by Crippen LogP contribution is -2.31.